The van der Waals surface area contributed by atoms with Crippen molar-refractivity contribution in [2.24, 2.45) is 0 Å². The van der Waals surface area contributed by atoms with Crippen molar-refractivity contribution in [1.82, 2.24) is 0 Å². The van der Waals surface area contributed by atoms with Crippen LogP contribution in [0.25, 0.3) is 6.08 Å². The van der Waals surface area contributed by atoms with E-state index in [9.17, 15) is 9.59 Å². The van der Waals surface area contributed by atoms with Gasteiger partial charge in [0, 0.05) is 18.7 Å². The number of hydrogen-bond acceptors (Lipinski definition) is 3. The molecule has 0 heterocycles. The Morgan fingerprint density at radius 1 is 1.05 bits per heavy atom. The van der Waals surface area contributed by atoms with Crippen LogP contribution in [0, 0.1) is 0 Å². The molecule has 0 aliphatic rings. The van der Waals surface area contributed by atoms with Crippen LogP contribution < -0.4 is 5.32 Å². The molecule has 0 unspecified atom stereocenters. The molecule has 0 saturated carbocycles. The summed E-state index contributed by atoms with van der Waals surface area (Å²) in [5, 5.41) is 2.71. The molecule has 0 atom stereocenters. The highest BCUT2D eigenvalue weighted by Gasteiger charge is 2.02. The lowest BCUT2D eigenvalue weighted by molar-refractivity contribution is -0.138. The van der Waals surface area contributed by atoms with E-state index in [0.717, 1.165) is 11.1 Å². The second-order valence-corrected chi connectivity index (χ2v) is 4.70. The predicted molar refractivity (Wildman–Crippen MR) is 86.0 cm³/mol. The van der Waals surface area contributed by atoms with E-state index in [1.54, 1.807) is 12.1 Å². The molecule has 0 aromatic heterocycles. The number of anilines is 1. The molecule has 2 aromatic rings. The van der Waals surface area contributed by atoms with Gasteiger partial charge in [-0.25, -0.2) is 4.79 Å². The van der Waals surface area contributed by atoms with E-state index in [-0.39, 0.29) is 12.5 Å². The number of para-hydroxylation sites is 1. The average Bonchev–Trinajstić information content (AvgIpc) is 2.52. The smallest absolute Gasteiger partial charge is 0.331 e. The fraction of sp³-hybridized carbons (Fsp3) is 0.111. The van der Waals surface area contributed by atoms with Crippen LogP contribution in [0.3, 0.4) is 0 Å². The van der Waals surface area contributed by atoms with Gasteiger partial charge in [0.15, 0.2) is 0 Å². The van der Waals surface area contributed by atoms with Crippen molar-refractivity contribution < 1.29 is 14.3 Å². The maximum atomic E-state index is 11.7. The Morgan fingerprint density at radius 2 is 1.73 bits per heavy atom. The van der Waals surface area contributed by atoms with Gasteiger partial charge in [-0.15, -0.1) is 0 Å². The van der Waals surface area contributed by atoms with Gasteiger partial charge < -0.3 is 10.1 Å². The fourth-order valence-corrected chi connectivity index (χ4v) is 1.88. The molecule has 0 saturated heterocycles. The quantitative estimate of drug-likeness (QED) is 0.679. The number of esters is 1. The lowest BCUT2D eigenvalue weighted by Gasteiger charge is -2.06. The number of hydrogen-bond donors (Lipinski definition) is 1. The molecule has 1 amide bonds. The van der Waals surface area contributed by atoms with Crippen LogP contribution >= 0.6 is 0 Å². The van der Waals surface area contributed by atoms with Crippen molar-refractivity contribution in [1.29, 1.82) is 0 Å². The van der Waals surface area contributed by atoms with Gasteiger partial charge in [0.05, 0.1) is 0 Å². The van der Waals surface area contributed by atoms with Gasteiger partial charge in [0.1, 0.15) is 6.61 Å². The van der Waals surface area contributed by atoms with Crippen molar-refractivity contribution >= 4 is 23.6 Å². The summed E-state index contributed by atoms with van der Waals surface area (Å²) in [6.07, 6.45) is 2.97. The molecule has 4 nitrogen and oxygen atoms in total. The van der Waals surface area contributed by atoms with E-state index in [4.69, 9.17) is 4.74 Å². The normalized spacial score (nSPS) is 10.4. The topological polar surface area (TPSA) is 55.4 Å². The lowest BCUT2D eigenvalue weighted by Crippen LogP contribution is -2.07. The van der Waals surface area contributed by atoms with Crippen LogP contribution in [0.4, 0.5) is 5.69 Å². The Kier molecular flexibility index (Phi) is 5.49. The highest BCUT2D eigenvalue weighted by Crippen LogP contribution is 2.16. The summed E-state index contributed by atoms with van der Waals surface area (Å²) in [4.78, 5) is 22.9. The van der Waals surface area contributed by atoms with Crippen molar-refractivity contribution in [3.63, 3.8) is 0 Å². The van der Waals surface area contributed by atoms with Gasteiger partial charge >= 0.3 is 5.97 Å². The van der Waals surface area contributed by atoms with Crippen molar-refractivity contribution in [2.75, 3.05) is 5.32 Å². The Balaban J connectivity index is 1.96. The standard InChI is InChI=1S/C18H17NO3/c1-14(20)19-17-10-6-5-9-16(17)11-12-18(21)22-13-15-7-3-2-4-8-15/h2-12H,13H2,1H3,(H,19,20)/b12-11+. The zero-order valence-electron chi connectivity index (χ0n) is 12.3. The third-order valence-electron chi connectivity index (χ3n) is 2.89. The third kappa shape index (κ3) is 4.90. The molecule has 22 heavy (non-hydrogen) atoms. The number of benzene rings is 2. The van der Waals surface area contributed by atoms with E-state index in [2.05, 4.69) is 5.32 Å². The Labute approximate surface area is 129 Å². The minimum Gasteiger partial charge on any atom is -0.458 e. The molecule has 1 N–H and O–H groups in total. The number of amides is 1. The van der Waals surface area contributed by atoms with Crippen LogP contribution in [-0.2, 0) is 20.9 Å². The molecule has 0 bridgehead atoms. The van der Waals surface area contributed by atoms with Gasteiger partial charge in [-0.05, 0) is 23.3 Å². The number of carbonyl (C=O) groups excluding carboxylic acids is 2. The zero-order valence-corrected chi connectivity index (χ0v) is 12.3. The van der Waals surface area contributed by atoms with Gasteiger partial charge in [0.25, 0.3) is 0 Å². The summed E-state index contributed by atoms with van der Waals surface area (Å²) in [5.41, 5.74) is 2.33. The zero-order chi connectivity index (χ0) is 15.8. The summed E-state index contributed by atoms with van der Waals surface area (Å²) >= 11 is 0. The van der Waals surface area contributed by atoms with Gasteiger partial charge in [-0.1, -0.05) is 48.5 Å². The molecule has 2 aromatic carbocycles. The maximum absolute atomic E-state index is 11.7. The minimum absolute atomic E-state index is 0.160. The number of rotatable bonds is 5. The molecule has 2 rings (SSSR count). The second-order valence-electron chi connectivity index (χ2n) is 4.70. The highest BCUT2D eigenvalue weighted by molar-refractivity contribution is 5.93. The summed E-state index contributed by atoms with van der Waals surface area (Å²) in [6.45, 7) is 1.67. The molecule has 0 aliphatic carbocycles. The first-order chi connectivity index (χ1) is 10.6. The number of nitrogens with one attached hydrogen (secondary N) is 1. The second kappa shape index (κ2) is 7.78. The van der Waals surface area contributed by atoms with Crippen molar-refractivity contribution in [2.45, 2.75) is 13.5 Å². The molecule has 0 aliphatic heterocycles. The predicted octanol–water partition coefficient (Wildman–Crippen LogP) is 3.40. The van der Waals surface area contributed by atoms with E-state index < -0.39 is 5.97 Å². The first-order valence-electron chi connectivity index (χ1n) is 6.90. The SMILES string of the molecule is CC(=O)Nc1ccccc1/C=C/C(=O)OCc1ccccc1. The van der Waals surface area contributed by atoms with Gasteiger partial charge in [-0.3, -0.25) is 4.79 Å². The first-order valence-corrected chi connectivity index (χ1v) is 6.90. The summed E-state index contributed by atoms with van der Waals surface area (Å²) in [7, 11) is 0. The highest BCUT2D eigenvalue weighted by atomic mass is 16.5. The van der Waals surface area contributed by atoms with Crippen molar-refractivity contribution in [3.05, 3.63) is 71.8 Å². The van der Waals surface area contributed by atoms with E-state index in [1.807, 2.05) is 48.5 Å². The summed E-state index contributed by atoms with van der Waals surface area (Å²) in [5.74, 6) is -0.589. The molecule has 0 radical (unpaired) electrons. The van der Waals surface area contributed by atoms with Crippen molar-refractivity contribution in [3.8, 4) is 0 Å². The fourth-order valence-electron chi connectivity index (χ4n) is 1.88. The van der Waals surface area contributed by atoms with Crippen LogP contribution in [0.15, 0.2) is 60.7 Å². The molecular weight excluding hydrogens is 278 g/mol. The van der Waals surface area contributed by atoms with E-state index in [0.29, 0.717) is 5.69 Å². The Morgan fingerprint density at radius 3 is 2.45 bits per heavy atom. The molecule has 0 fully saturated rings. The molecule has 4 heteroatoms. The molecule has 112 valence electrons. The molecular formula is C18H17NO3. The molecule has 0 spiro atoms. The van der Waals surface area contributed by atoms with E-state index in [1.165, 1.54) is 13.0 Å². The van der Waals surface area contributed by atoms with Gasteiger partial charge in [-0.2, -0.15) is 0 Å². The average molecular weight is 295 g/mol. The number of carbonyl (C=O) groups is 2. The van der Waals surface area contributed by atoms with E-state index >= 15 is 0 Å². The van der Waals surface area contributed by atoms with Crippen LogP contribution in [0.1, 0.15) is 18.1 Å². The van der Waals surface area contributed by atoms with Crippen LogP contribution in [-0.4, -0.2) is 11.9 Å². The third-order valence-corrected chi connectivity index (χ3v) is 2.89. The monoisotopic (exact) mass is 295 g/mol. The first kappa shape index (κ1) is 15.5. The summed E-state index contributed by atoms with van der Waals surface area (Å²) in [6, 6.07) is 16.7. The Hall–Kier alpha value is -2.88. The van der Waals surface area contributed by atoms with Crippen LogP contribution in [0.2, 0.25) is 0 Å². The van der Waals surface area contributed by atoms with Crippen LogP contribution in [0.5, 0.6) is 0 Å². The lowest BCUT2D eigenvalue weighted by atomic mass is 10.1. The van der Waals surface area contributed by atoms with Gasteiger partial charge in [0.2, 0.25) is 5.91 Å². The minimum atomic E-state index is -0.429. The Bertz CT molecular complexity index is 678. The summed E-state index contributed by atoms with van der Waals surface area (Å²) < 4.78 is 5.16. The number of ether oxygens (including phenoxy) is 1. The largest absolute Gasteiger partial charge is 0.458 e. The maximum Gasteiger partial charge on any atom is 0.331 e.